The van der Waals surface area contributed by atoms with Gasteiger partial charge in [-0.1, -0.05) is 19.9 Å². The van der Waals surface area contributed by atoms with Crippen molar-refractivity contribution in [1.29, 1.82) is 0 Å². The van der Waals surface area contributed by atoms with Crippen molar-refractivity contribution in [3.8, 4) is 11.5 Å². The summed E-state index contributed by atoms with van der Waals surface area (Å²) < 4.78 is 12.5. The van der Waals surface area contributed by atoms with E-state index >= 15 is 0 Å². The molecule has 1 atom stereocenters. The van der Waals surface area contributed by atoms with Crippen LogP contribution in [0.25, 0.3) is 0 Å². The molecule has 1 aromatic carbocycles. The first-order valence-corrected chi connectivity index (χ1v) is 8.60. The Hall–Kier alpha value is -2.76. The van der Waals surface area contributed by atoms with Crippen LogP contribution in [0.4, 0.5) is 0 Å². The van der Waals surface area contributed by atoms with E-state index in [2.05, 4.69) is 19.2 Å². The Morgan fingerprint density at radius 2 is 1.88 bits per heavy atom. The third-order valence-corrected chi connectivity index (χ3v) is 3.96. The summed E-state index contributed by atoms with van der Waals surface area (Å²) in [5, 5.41) is 2.93. The molecule has 0 radical (unpaired) electrons. The number of hydrogen-bond donors (Lipinski definition) is 1. The van der Waals surface area contributed by atoms with Crippen molar-refractivity contribution in [2.45, 2.75) is 26.8 Å². The minimum absolute atomic E-state index is 0.156. The highest BCUT2D eigenvalue weighted by atomic mass is 16.5. The summed E-state index contributed by atoms with van der Waals surface area (Å²) in [5.74, 6) is 1.49. The SMILES string of the molecule is COc1cc([C@@H](C)NC(=O)c2ccc(=O)n(C)c2)ccc1OCC(C)C. The van der Waals surface area contributed by atoms with Gasteiger partial charge in [0, 0.05) is 19.3 Å². The number of pyridine rings is 1. The van der Waals surface area contributed by atoms with Gasteiger partial charge in [-0.2, -0.15) is 0 Å². The van der Waals surface area contributed by atoms with Gasteiger partial charge < -0.3 is 19.4 Å². The summed E-state index contributed by atoms with van der Waals surface area (Å²) >= 11 is 0. The van der Waals surface area contributed by atoms with Crippen LogP contribution < -0.4 is 20.3 Å². The maximum absolute atomic E-state index is 12.4. The van der Waals surface area contributed by atoms with Gasteiger partial charge in [-0.3, -0.25) is 9.59 Å². The topological polar surface area (TPSA) is 69.6 Å². The van der Waals surface area contributed by atoms with Gasteiger partial charge in [0.15, 0.2) is 11.5 Å². The molecule has 0 saturated carbocycles. The molecule has 2 rings (SSSR count). The van der Waals surface area contributed by atoms with Crippen LogP contribution >= 0.6 is 0 Å². The van der Waals surface area contributed by atoms with Gasteiger partial charge in [0.2, 0.25) is 5.56 Å². The summed E-state index contributed by atoms with van der Waals surface area (Å²) in [5.41, 5.74) is 1.18. The maximum Gasteiger partial charge on any atom is 0.253 e. The van der Waals surface area contributed by atoms with E-state index in [4.69, 9.17) is 9.47 Å². The summed E-state index contributed by atoms with van der Waals surface area (Å²) in [6.07, 6.45) is 1.52. The normalized spacial score (nSPS) is 11.9. The molecular formula is C20H26N2O4. The molecule has 0 fully saturated rings. The van der Waals surface area contributed by atoms with Crippen molar-refractivity contribution in [3.05, 3.63) is 58.0 Å². The highest BCUT2D eigenvalue weighted by Crippen LogP contribution is 2.30. The van der Waals surface area contributed by atoms with E-state index < -0.39 is 0 Å². The molecule has 140 valence electrons. The van der Waals surface area contributed by atoms with Gasteiger partial charge in [0.25, 0.3) is 5.91 Å². The van der Waals surface area contributed by atoms with Gasteiger partial charge in [-0.05, 0) is 36.6 Å². The molecule has 0 aliphatic carbocycles. The highest BCUT2D eigenvalue weighted by Gasteiger charge is 2.15. The molecular weight excluding hydrogens is 332 g/mol. The zero-order valence-electron chi connectivity index (χ0n) is 15.9. The second-order valence-electron chi connectivity index (χ2n) is 6.68. The molecule has 0 bridgehead atoms. The molecule has 6 heteroatoms. The fourth-order valence-corrected chi connectivity index (χ4v) is 2.42. The Labute approximate surface area is 153 Å². The lowest BCUT2D eigenvalue weighted by molar-refractivity contribution is 0.0939. The van der Waals surface area contributed by atoms with E-state index in [9.17, 15) is 9.59 Å². The number of nitrogens with zero attached hydrogens (tertiary/aromatic N) is 1. The average Bonchev–Trinajstić information content (AvgIpc) is 2.61. The Kier molecular flexibility index (Phi) is 6.44. The number of ether oxygens (including phenoxy) is 2. The first kappa shape index (κ1) is 19.6. The molecule has 1 N–H and O–H groups in total. The minimum Gasteiger partial charge on any atom is -0.493 e. The quantitative estimate of drug-likeness (QED) is 0.826. The third kappa shape index (κ3) is 4.88. The largest absolute Gasteiger partial charge is 0.493 e. The number of rotatable bonds is 7. The Bertz CT molecular complexity index is 827. The Morgan fingerprint density at radius 1 is 1.15 bits per heavy atom. The van der Waals surface area contributed by atoms with E-state index in [0.717, 1.165) is 5.56 Å². The van der Waals surface area contributed by atoms with E-state index in [0.29, 0.717) is 29.6 Å². The van der Waals surface area contributed by atoms with Crippen molar-refractivity contribution in [2.75, 3.05) is 13.7 Å². The van der Waals surface area contributed by atoms with Crippen LogP contribution in [-0.4, -0.2) is 24.2 Å². The zero-order valence-corrected chi connectivity index (χ0v) is 15.9. The van der Waals surface area contributed by atoms with Gasteiger partial charge in [0.1, 0.15) is 0 Å². The number of methoxy groups -OCH3 is 1. The van der Waals surface area contributed by atoms with Crippen molar-refractivity contribution in [1.82, 2.24) is 9.88 Å². The minimum atomic E-state index is -0.243. The van der Waals surface area contributed by atoms with Gasteiger partial charge in [-0.15, -0.1) is 0 Å². The fourth-order valence-electron chi connectivity index (χ4n) is 2.42. The number of hydrogen-bond acceptors (Lipinski definition) is 4. The van der Waals surface area contributed by atoms with Crippen LogP contribution in [0.5, 0.6) is 11.5 Å². The van der Waals surface area contributed by atoms with Crippen LogP contribution in [0.3, 0.4) is 0 Å². The lowest BCUT2D eigenvalue weighted by Gasteiger charge is -2.18. The van der Waals surface area contributed by atoms with E-state index in [1.807, 2.05) is 25.1 Å². The summed E-state index contributed by atoms with van der Waals surface area (Å²) in [6, 6.07) is 8.29. The van der Waals surface area contributed by atoms with E-state index in [1.54, 1.807) is 14.2 Å². The number of carbonyl (C=O) groups excluding carboxylic acids is 1. The number of aromatic nitrogens is 1. The van der Waals surface area contributed by atoms with Crippen molar-refractivity contribution in [3.63, 3.8) is 0 Å². The van der Waals surface area contributed by atoms with Crippen molar-refractivity contribution in [2.24, 2.45) is 13.0 Å². The number of amides is 1. The number of carbonyl (C=O) groups is 1. The molecule has 1 heterocycles. The van der Waals surface area contributed by atoms with E-state index in [-0.39, 0.29) is 17.5 Å². The second kappa shape index (κ2) is 8.56. The van der Waals surface area contributed by atoms with Crippen LogP contribution in [0.2, 0.25) is 0 Å². The molecule has 0 spiro atoms. The van der Waals surface area contributed by atoms with Crippen molar-refractivity contribution < 1.29 is 14.3 Å². The molecule has 0 saturated heterocycles. The molecule has 6 nitrogen and oxygen atoms in total. The number of nitrogens with one attached hydrogen (secondary N) is 1. The van der Waals surface area contributed by atoms with Gasteiger partial charge in [0.05, 0.1) is 25.3 Å². The lowest BCUT2D eigenvalue weighted by atomic mass is 10.1. The molecule has 0 unspecified atom stereocenters. The van der Waals surface area contributed by atoms with Crippen LogP contribution in [-0.2, 0) is 7.05 Å². The maximum atomic E-state index is 12.4. The lowest BCUT2D eigenvalue weighted by Crippen LogP contribution is -2.28. The molecule has 2 aromatic rings. The van der Waals surface area contributed by atoms with E-state index in [1.165, 1.54) is 22.9 Å². The molecule has 26 heavy (non-hydrogen) atoms. The van der Waals surface area contributed by atoms with Crippen LogP contribution in [0.1, 0.15) is 42.7 Å². The van der Waals surface area contributed by atoms with Crippen molar-refractivity contribution >= 4 is 5.91 Å². The predicted molar refractivity (Wildman–Crippen MR) is 101 cm³/mol. The van der Waals surface area contributed by atoms with Crippen LogP contribution in [0.15, 0.2) is 41.3 Å². The zero-order chi connectivity index (χ0) is 19.3. The highest BCUT2D eigenvalue weighted by molar-refractivity contribution is 5.94. The number of aryl methyl sites for hydroxylation is 1. The fraction of sp³-hybridized carbons (Fsp3) is 0.400. The summed E-state index contributed by atoms with van der Waals surface area (Å²) in [7, 11) is 3.21. The first-order chi connectivity index (χ1) is 12.3. The monoisotopic (exact) mass is 358 g/mol. The first-order valence-electron chi connectivity index (χ1n) is 8.60. The predicted octanol–water partition coefficient (Wildman–Crippen LogP) is 2.92. The molecule has 1 aromatic heterocycles. The summed E-state index contributed by atoms with van der Waals surface area (Å²) in [4.78, 5) is 23.8. The Morgan fingerprint density at radius 3 is 2.50 bits per heavy atom. The number of benzene rings is 1. The standard InChI is InChI=1S/C20H26N2O4/c1-13(2)12-26-17-8-6-15(10-18(17)25-5)14(3)21-20(24)16-7-9-19(23)22(4)11-16/h6-11,13-14H,12H2,1-5H3,(H,21,24)/t14-/m1/s1. The second-order valence-corrected chi connectivity index (χ2v) is 6.68. The average molecular weight is 358 g/mol. The molecule has 1 amide bonds. The smallest absolute Gasteiger partial charge is 0.253 e. The van der Waals surface area contributed by atoms with Gasteiger partial charge >= 0.3 is 0 Å². The van der Waals surface area contributed by atoms with Gasteiger partial charge in [-0.25, -0.2) is 0 Å². The summed E-state index contributed by atoms with van der Waals surface area (Å²) in [6.45, 7) is 6.66. The molecule has 0 aliphatic rings. The van der Waals surface area contributed by atoms with Crippen LogP contribution in [0, 0.1) is 5.92 Å². The molecule has 0 aliphatic heterocycles. The third-order valence-electron chi connectivity index (χ3n) is 3.96. The Balaban J connectivity index is 2.13.